The molecule has 1 saturated carbocycles. The molecule has 18 heavy (non-hydrogen) atoms. The fourth-order valence-corrected chi connectivity index (χ4v) is 2.69. The summed E-state index contributed by atoms with van der Waals surface area (Å²) in [5.74, 6) is 0.0808. The van der Waals surface area contributed by atoms with Gasteiger partial charge in [-0.1, -0.05) is 0 Å². The van der Waals surface area contributed by atoms with Crippen LogP contribution in [0.5, 0.6) is 0 Å². The summed E-state index contributed by atoms with van der Waals surface area (Å²) in [6.45, 7) is 2.15. The Kier molecular flexibility index (Phi) is 4.21. The van der Waals surface area contributed by atoms with Gasteiger partial charge in [-0.15, -0.1) is 0 Å². The number of piperazine rings is 1. The molecule has 0 bridgehead atoms. The highest BCUT2D eigenvalue weighted by molar-refractivity contribution is 7.86. The molecule has 2 rings (SSSR count). The molecule has 2 fully saturated rings. The minimum absolute atomic E-state index is 0.0808. The zero-order chi connectivity index (χ0) is 13.2. The van der Waals surface area contributed by atoms with Gasteiger partial charge in [-0.05, 0) is 12.8 Å². The van der Waals surface area contributed by atoms with Crippen LogP contribution in [-0.4, -0.2) is 62.3 Å². The highest BCUT2D eigenvalue weighted by atomic mass is 32.2. The maximum atomic E-state index is 11.8. The summed E-state index contributed by atoms with van der Waals surface area (Å²) in [6.07, 6.45) is 2.90. The zero-order valence-electron chi connectivity index (χ0n) is 10.3. The van der Waals surface area contributed by atoms with Gasteiger partial charge in [0.2, 0.25) is 5.91 Å². The molecule has 2 aliphatic rings. The fraction of sp³-hybridized carbons (Fsp3) is 0.900. The van der Waals surface area contributed by atoms with Crippen LogP contribution < -0.4 is 10.5 Å². The highest BCUT2D eigenvalue weighted by Gasteiger charge is 2.26. The molecule has 0 aromatic heterocycles. The van der Waals surface area contributed by atoms with E-state index < -0.39 is 10.2 Å². The molecule has 104 valence electrons. The van der Waals surface area contributed by atoms with E-state index in [1.54, 1.807) is 4.90 Å². The Morgan fingerprint density at radius 1 is 1.22 bits per heavy atom. The lowest BCUT2D eigenvalue weighted by Gasteiger charge is -2.33. The first kappa shape index (κ1) is 13.7. The van der Waals surface area contributed by atoms with Crippen LogP contribution >= 0.6 is 0 Å². The number of rotatable bonds is 5. The SMILES string of the molecule is NS(=O)(=O)N1CCN(C(=O)CCNC2CC2)CC1. The van der Waals surface area contributed by atoms with E-state index in [2.05, 4.69) is 5.32 Å². The highest BCUT2D eigenvalue weighted by Crippen LogP contribution is 2.18. The van der Waals surface area contributed by atoms with Crippen molar-refractivity contribution in [2.24, 2.45) is 5.14 Å². The quantitative estimate of drug-likeness (QED) is 0.637. The van der Waals surface area contributed by atoms with Crippen LogP contribution in [0.1, 0.15) is 19.3 Å². The van der Waals surface area contributed by atoms with E-state index >= 15 is 0 Å². The van der Waals surface area contributed by atoms with Crippen molar-refractivity contribution in [3.05, 3.63) is 0 Å². The monoisotopic (exact) mass is 276 g/mol. The fourth-order valence-electron chi connectivity index (χ4n) is 2.02. The molecule has 0 atom stereocenters. The third-order valence-electron chi connectivity index (χ3n) is 3.30. The van der Waals surface area contributed by atoms with Gasteiger partial charge in [0.25, 0.3) is 10.2 Å². The average Bonchev–Trinajstić information content (AvgIpc) is 3.12. The Balaban J connectivity index is 1.69. The van der Waals surface area contributed by atoms with Gasteiger partial charge in [0.1, 0.15) is 0 Å². The summed E-state index contributed by atoms with van der Waals surface area (Å²) in [5, 5.41) is 8.32. The molecule has 7 nitrogen and oxygen atoms in total. The summed E-state index contributed by atoms with van der Waals surface area (Å²) in [4.78, 5) is 13.5. The maximum Gasteiger partial charge on any atom is 0.277 e. The molecule has 1 aliphatic carbocycles. The van der Waals surface area contributed by atoms with E-state index in [4.69, 9.17) is 5.14 Å². The van der Waals surface area contributed by atoms with Crippen LogP contribution in [0.3, 0.4) is 0 Å². The van der Waals surface area contributed by atoms with Crippen molar-refractivity contribution in [1.82, 2.24) is 14.5 Å². The van der Waals surface area contributed by atoms with Crippen molar-refractivity contribution in [3.63, 3.8) is 0 Å². The number of amides is 1. The van der Waals surface area contributed by atoms with Crippen LogP contribution in [0.2, 0.25) is 0 Å². The molecule has 0 aromatic carbocycles. The van der Waals surface area contributed by atoms with Gasteiger partial charge >= 0.3 is 0 Å². The van der Waals surface area contributed by atoms with Gasteiger partial charge in [-0.25, -0.2) is 5.14 Å². The normalized spacial score (nSPS) is 22.2. The van der Waals surface area contributed by atoms with E-state index in [0.717, 1.165) is 0 Å². The average molecular weight is 276 g/mol. The molecule has 0 unspecified atom stereocenters. The van der Waals surface area contributed by atoms with Crippen LogP contribution in [0, 0.1) is 0 Å². The number of carbonyl (C=O) groups is 1. The van der Waals surface area contributed by atoms with Crippen molar-refractivity contribution in [2.75, 3.05) is 32.7 Å². The Morgan fingerprint density at radius 2 is 1.83 bits per heavy atom. The summed E-state index contributed by atoms with van der Waals surface area (Å²) in [5.41, 5.74) is 0. The second-order valence-corrected chi connectivity index (χ2v) is 6.35. The van der Waals surface area contributed by atoms with E-state index in [9.17, 15) is 13.2 Å². The molecular formula is C10H20N4O3S. The van der Waals surface area contributed by atoms with Crippen LogP contribution in [0.25, 0.3) is 0 Å². The van der Waals surface area contributed by atoms with E-state index in [1.807, 2.05) is 0 Å². The first-order valence-corrected chi connectivity index (χ1v) is 7.76. The lowest BCUT2D eigenvalue weighted by Crippen LogP contribution is -2.52. The van der Waals surface area contributed by atoms with Gasteiger partial charge in [0.05, 0.1) is 0 Å². The van der Waals surface area contributed by atoms with E-state index in [1.165, 1.54) is 17.1 Å². The van der Waals surface area contributed by atoms with Crippen molar-refractivity contribution in [3.8, 4) is 0 Å². The van der Waals surface area contributed by atoms with Crippen molar-refractivity contribution in [2.45, 2.75) is 25.3 Å². The molecule has 1 amide bonds. The molecule has 3 N–H and O–H groups in total. The van der Waals surface area contributed by atoms with E-state index in [0.29, 0.717) is 45.2 Å². The van der Waals surface area contributed by atoms with Gasteiger partial charge in [-0.2, -0.15) is 12.7 Å². The van der Waals surface area contributed by atoms with Gasteiger partial charge in [0.15, 0.2) is 0 Å². The first-order valence-electron chi connectivity index (χ1n) is 6.26. The number of hydrogen-bond donors (Lipinski definition) is 2. The van der Waals surface area contributed by atoms with Crippen LogP contribution in [0.15, 0.2) is 0 Å². The van der Waals surface area contributed by atoms with E-state index in [-0.39, 0.29) is 5.91 Å². The number of carbonyl (C=O) groups excluding carboxylic acids is 1. The molecule has 8 heteroatoms. The minimum Gasteiger partial charge on any atom is -0.340 e. The Labute approximate surface area is 107 Å². The molecule has 1 aliphatic heterocycles. The Bertz CT molecular complexity index is 399. The smallest absolute Gasteiger partial charge is 0.277 e. The topological polar surface area (TPSA) is 95.7 Å². The number of nitrogens with one attached hydrogen (secondary N) is 1. The van der Waals surface area contributed by atoms with Crippen LogP contribution in [0.4, 0.5) is 0 Å². The second-order valence-electron chi connectivity index (χ2n) is 4.80. The maximum absolute atomic E-state index is 11.8. The Morgan fingerprint density at radius 3 is 2.33 bits per heavy atom. The largest absolute Gasteiger partial charge is 0.340 e. The molecule has 0 aromatic rings. The lowest BCUT2D eigenvalue weighted by molar-refractivity contribution is -0.132. The first-order chi connectivity index (χ1) is 8.47. The summed E-state index contributed by atoms with van der Waals surface area (Å²) in [6, 6.07) is 0.608. The third kappa shape index (κ3) is 3.91. The summed E-state index contributed by atoms with van der Waals surface area (Å²) in [7, 11) is -3.61. The minimum atomic E-state index is -3.61. The molecule has 1 saturated heterocycles. The zero-order valence-corrected chi connectivity index (χ0v) is 11.2. The van der Waals surface area contributed by atoms with Gasteiger partial charge < -0.3 is 10.2 Å². The standard InChI is InChI=1S/C10H20N4O3S/c11-18(16,17)14-7-5-13(6-8-14)10(15)3-4-12-9-1-2-9/h9,12H,1-8H2,(H2,11,16,17). The molecule has 0 spiro atoms. The van der Waals surface area contributed by atoms with Crippen molar-refractivity contribution < 1.29 is 13.2 Å². The second kappa shape index (κ2) is 5.52. The predicted molar refractivity (Wildman–Crippen MR) is 66.9 cm³/mol. The number of nitrogens with two attached hydrogens (primary N) is 1. The van der Waals surface area contributed by atoms with Crippen molar-refractivity contribution >= 4 is 16.1 Å². The summed E-state index contributed by atoms with van der Waals surface area (Å²) >= 11 is 0. The van der Waals surface area contributed by atoms with Crippen LogP contribution in [-0.2, 0) is 15.0 Å². The predicted octanol–water partition coefficient (Wildman–Crippen LogP) is -1.52. The number of hydrogen-bond acceptors (Lipinski definition) is 4. The lowest BCUT2D eigenvalue weighted by atomic mass is 10.3. The van der Waals surface area contributed by atoms with Gasteiger partial charge in [-0.3, -0.25) is 4.79 Å². The van der Waals surface area contributed by atoms with Gasteiger partial charge in [0, 0.05) is 45.2 Å². The Hall–Kier alpha value is -0.700. The van der Waals surface area contributed by atoms with Crippen molar-refractivity contribution in [1.29, 1.82) is 0 Å². The molecule has 1 heterocycles. The number of nitrogens with zero attached hydrogens (tertiary/aromatic N) is 2. The summed E-state index contributed by atoms with van der Waals surface area (Å²) < 4.78 is 23.4. The third-order valence-corrected chi connectivity index (χ3v) is 4.39. The molecule has 0 radical (unpaired) electrons. The molecular weight excluding hydrogens is 256 g/mol.